The molecule has 23 heavy (non-hydrogen) atoms. The van der Waals surface area contributed by atoms with Gasteiger partial charge in [0.1, 0.15) is 0 Å². The van der Waals surface area contributed by atoms with Crippen molar-refractivity contribution in [2.45, 2.75) is 39.0 Å². The molecule has 0 atom stereocenters. The van der Waals surface area contributed by atoms with Crippen LogP contribution in [0.1, 0.15) is 39.0 Å². The van der Waals surface area contributed by atoms with Crippen LogP contribution in [0.25, 0.3) is 0 Å². The van der Waals surface area contributed by atoms with E-state index in [2.05, 4.69) is 10.6 Å². The second-order valence-corrected chi connectivity index (χ2v) is 6.80. The van der Waals surface area contributed by atoms with E-state index in [1.165, 1.54) is 0 Å². The first-order valence-electron chi connectivity index (χ1n) is 8.05. The van der Waals surface area contributed by atoms with Crippen LogP contribution < -0.4 is 10.6 Å². The molecule has 2 amide bonds. The number of benzene rings is 1. The second kappa shape index (κ2) is 8.55. The smallest absolute Gasteiger partial charge is 0.227 e. The molecule has 0 heterocycles. The molecule has 2 rings (SSSR count). The van der Waals surface area contributed by atoms with Crippen LogP contribution in [0.15, 0.2) is 18.2 Å². The van der Waals surface area contributed by atoms with Crippen LogP contribution in [-0.4, -0.2) is 18.4 Å². The van der Waals surface area contributed by atoms with Crippen molar-refractivity contribution in [3.05, 3.63) is 28.2 Å². The van der Waals surface area contributed by atoms with Gasteiger partial charge in [-0.1, -0.05) is 30.1 Å². The molecule has 4 nitrogen and oxygen atoms in total. The predicted octanol–water partition coefficient (Wildman–Crippen LogP) is 4.26. The number of hydrogen-bond acceptors (Lipinski definition) is 2. The Bertz CT molecular complexity index is 570. The first-order valence-corrected chi connectivity index (χ1v) is 8.80. The van der Waals surface area contributed by atoms with E-state index in [-0.39, 0.29) is 23.7 Å². The molecular weight excluding hydrogens is 335 g/mol. The SMILES string of the molecule is CCCNC(=O)C1CCC(C(=O)Nc2ccc(Cl)cc2Cl)CC1. The van der Waals surface area contributed by atoms with E-state index in [0.29, 0.717) is 22.3 Å². The molecule has 126 valence electrons. The van der Waals surface area contributed by atoms with E-state index in [0.717, 1.165) is 32.1 Å². The second-order valence-electron chi connectivity index (χ2n) is 5.95. The van der Waals surface area contributed by atoms with Gasteiger partial charge in [-0.15, -0.1) is 0 Å². The molecule has 1 aromatic rings. The Morgan fingerprint density at radius 3 is 2.26 bits per heavy atom. The molecule has 0 radical (unpaired) electrons. The van der Waals surface area contributed by atoms with Gasteiger partial charge in [-0.25, -0.2) is 0 Å². The largest absolute Gasteiger partial charge is 0.356 e. The maximum absolute atomic E-state index is 12.3. The highest BCUT2D eigenvalue weighted by atomic mass is 35.5. The summed E-state index contributed by atoms with van der Waals surface area (Å²) in [6.45, 7) is 2.75. The Hall–Kier alpha value is -1.26. The van der Waals surface area contributed by atoms with Gasteiger partial charge in [-0.3, -0.25) is 9.59 Å². The van der Waals surface area contributed by atoms with Gasteiger partial charge in [-0.05, 0) is 50.3 Å². The van der Waals surface area contributed by atoms with Gasteiger partial charge in [0, 0.05) is 23.4 Å². The quantitative estimate of drug-likeness (QED) is 0.827. The standard InChI is InChI=1S/C17H22Cl2N2O2/c1-2-9-20-16(22)11-3-5-12(6-4-11)17(23)21-15-8-7-13(18)10-14(15)19/h7-8,10-12H,2-6,9H2,1H3,(H,20,22)(H,21,23). The van der Waals surface area contributed by atoms with Crippen molar-refractivity contribution in [3.8, 4) is 0 Å². The van der Waals surface area contributed by atoms with Gasteiger partial charge in [0.05, 0.1) is 10.7 Å². The maximum atomic E-state index is 12.3. The number of carbonyl (C=O) groups is 2. The number of hydrogen-bond donors (Lipinski definition) is 2. The van der Waals surface area contributed by atoms with E-state index >= 15 is 0 Å². The summed E-state index contributed by atoms with van der Waals surface area (Å²) >= 11 is 11.9. The molecule has 1 aliphatic rings. The van der Waals surface area contributed by atoms with Crippen molar-refractivity contribution in [1.82, 2.24) is 5.32 Å². The molecule has 0 saturated heterocycles. The third-order valence-corrected chi connectivity index (χ3v) is 4.75. The summed E-state index contributed by atoms with van der Waals surface area (Å²) in [5.74, 6) is 0.0368. The molecule has 0 unspecified atom stereocenters. The summed E-state index contributed by atoms with van der Waals surface area (Å²) in [4.78, 5) is 24.3. The lowest BCUT2D eigenvalue weighted by molar-refractivity contribution is -0.128. The normalized spacial score (nSPS) is 20.8. The van der Waals surface area contributed by atoms with Gasteiger partial charge >= 0.3 is 0 Å². The van der Waals surface area contributed by atoms with Crippen LogP contribution in [0, 0.1) is 11.8 Å². The van der Waals surface area contributed by atoms with Crippen LogP contribution in [-0.2, 0) is 9.59 Å². The van der Waals surface area contributed by atoms with Crippen molar-refractivity contribution in [1.29, 1.82) is 0 Å². The molecule has 6 heteroatoms. The first kappa shape index (κ1) is 18.1. The Balaban J connectivity index is 1.85. The average molecular weight is 357 g/mol. The first-order chi connectivity index (χ1) is 11.0. The minimum atomic E-state index is -0.0723. The maximum Gasteiger partial charge on any atom is 0.227 e. The van der Waals surface area contributed by atoms with Crippen molar-refractivity contribution >= 4 is 40.7 Å². The zero-order valence-corrected chi connectivity index (χ0v) is 14.7. The molecule has 2 N–H and O–H groups in total. The van der Waals surface area contributed by atoms with Crippen LogP contribution >= 0.6 is 23.2 Å². The van der Waals surface area contributed by atoms with Gasteiger partial charge in [0.25, 0.3) is 0 Å². The summed E-state index contributed by atoms with van der Waals surface area (Å²) in [5.41, 5.74) is 0.573. The van der Waals surface area contributed by atoms with E-state index in [1.54, 1.807) is 18.2 Å². The molecule has 0 bridgehead atoms. The third kappa shape index (κ3) is 5.11. The Labute approximate surface area is 146 Å². The number of nitrogens with one attached hydrogen (secondary N) is 2. The van der Waals surface area contributed by atoms with Crippen LogP contribution in [0.3, 0.4) is 0 Å². The van der Waals surface area contributed by atoms with E-state index in [4.69, 9.17) is 23.2 Å². The van der Waals surface area contributed by atoms with Crippen LogP contribution in [0.4, 0.5) is 5.69 Å². The predicted molar refractivity (Wildman–Crippen MR) is 93.8 cm³/mol. The summed E-state index contributed by atoms with van der Waals surface area (Å²) < 4.78 is 0. The van der Waals surface area contributed by atoms with E-state index in [9.17, 15) is 9.59 Å². The molecule has 1 aliphatic carbocycles. The zero-order valence-electron chi connectivity index (χ0n) is 13.2. The van der Waals surface area contributed by atoms with Crippen molar-refractivity contribution in [2.75, 3.05) is 11.9 Å². The van der Waals surface area contributed by atoms with Crippen molar-refractivity contribution in [3.63, 3.8) is 0 Å². The molecule has 0 aromatic heterocycles. The molecular formula is C17H22Cl2N2O2. The van der Waals surface area contributed by atoms with Gasteiger partial charge in [-0.2, -0.15) is 0 Å². The Kier molecular flexibility index (Phi) is 6.72. The van der Waals surface area contributed by atoms with Gasteiger partial charge < -0.3 is 10.6 Å². The zero-order chi connectivity index (χ0) is 16.8. The highest BCUT2D eigenvalue weighted by Crippen LogP contribution is 2.31. The van der Waals surface area contributed by atoms with Crippen LogP contribution in [0.2, 0.25) is 10.0 Å². The fraction of sp³-hybridized carbons (Fsp3) is 0.529. The van der Waals surface area contributed by atoms with Gasteiger partial charge in [0.15, 0.2) is 0 Å². The van der Waals surface area contributed by atoms with E-state index in [1.807, 2.05) is 6.92 Å². The molecule has 0 aliphatic heterocycles. The topological polar surface area (TPSA) is 58.2 Å². The fourth-order valence-corrected chi connectivity index (χ4v) is 3.29. The lowest BCUT2D eigenvalue weighted by Crippen LogP contribution is -2.35. The summed E-state index contributed by atoms with van der Waals surface area (Å²) in [6.07, 6.45) is 3.89. The summed E-state index contributed by atoms with van der Waals surface area (Å²) in [6, 6.07) is 5.00. The minimum Gasteiger partial charge on any atom is -0.356 e. The highest BCUT2D eigenvalue weighted by Gasteiger charge is 2.29. The van der Waals surface area contributed by atoms with Crippen molar-refractivity contribution in [2.24, 2.45) is 11.8 Å². The van der Waals surface area contributed by atoms with Gasteiger partial charge in [0.2, 0.25) is 11.8 Å². The number of halogens is 2. The molecule has 0 spiro atoms. The molecule has 1 fully saturated rings. The number of carbonyl (C=O) groups excluding carboxylic acids is 2. The fourth-order valence-electron chi connectivity index (χ4n) is 2.84. The third-order valence-electron chi connectivity index (χ3n) is 4.21. The Morgan fingerprint density at radius 2 is 1.70 bits per heavy atom. The van der Waals surface area contributed by atoms with Crippen molar-refractivity contribution < 1.29 is 9.59 Å². The number of rotatable bonds is 5. The molecule has 1 aromatic carbocycles. The summed E-state index contributed by atoms with van der Waals surface area (Å²) in [5, 5.41) is 6.75. The summed E-state index contributed by atoms with van der Waals surface area (Å²) in [7, 11) is 0. The van der Waals surface area contributed by atoms with Crippen LogP contribution in [0.5, 0.6) is 0 Å². The minimum absolute atomic E-state index is 0.0321. The number of amides is 2. The lowest BCUT2D eigenvalue weighted by Gasteiger charge is -2.27. The van der Waals surface area contributed by atoms with E-state index < -0.39 is 0 Å². The highest BCUT2D eigenvalue weighted by molar-refractivity contribution is 6.36. The monoisotopic (exact) mass is 356 g/mol. The Morgan fingerprint density at radius 1 is 1.09 bits per heavy atom. The molecule has 1 saturated carbocycles. The lowest BCUT2D eigenvalue weighted by atomic mass is 9.81. The number of anilines is 1. The average Bonchev–Trinajstić information content (AvgIpc) is 2.55.